The summed E-state index contributed by atoms with van der Waals surface area (Å²) in [4.78, 5) is 0. The predicted molar refractivity (Wildman–Crippen MR) is 67.0 cm³/mol. The summed E-state index contributed by atoms with van der Waals surface area (Å²) in [6.07, 6.45) is 8.39. The van der Waals surface area contributed by atoms with Crippen molar-refractivity contribution in [2.45, 2.75) is 38.5 Å². The molecule has 1 saturated carbocycles. The van der Waals surface area contributed by atoms with E-state index in [1.807, 2.05) is 0 Å². The van der Waals surface area contributed by atoms with Crippen molar-refractivity contribution in [2.75, 3.05) is 11.9 Å². The average molecular weight is 243 g/mol. The van der Waals surface area contributed by atoms with Gasteiger partial charge in [0.15, 0.2) is 3.95 Å². The number of H-pyrrole nitrogens is 1. The highest BCUT2D eigenvalue weighted by Crippen LogP contribution is 2.28. The Morgan fingerprint density at radius 1 is 1.47 bits per heavy atom. The molecule has 1 aliphatic carbocycles. The van der Waals surface area contributed by atoms with E-state index >= 15 is 0 Å². The van der Waals surface area contributed by atoms with Crippen molar-refractivity contribution in [2.24, 2.45) is 5.92 Å². The number of hydrogen-bond acceptors (Lipinski definition) is 4. The van der Waals surface area contributed by atoms with Gasteiger partial charge in [-0.3, -0.25) is 5.10 Å². The second-order valence-electron chi connectivity index (χ2n) is 4.14. The normalized spacial score (nSPS) is 17.1. The third-order valence-electron chi connectivity index (χ3n) is 2.98. The van der Waals surface area contributed by atoms with Gasteiger partial charge in [0.2, 0.25) is 5.13 Å². The van der Waals surface area contributed by atoms with E-state index in [1.54, 1.807) is 0 Å². The van der Waals surface area contributed by atoms with Crippen molar-refractivity contribution in [3.63, 3.8) is 0 Å². The first-order chi connectivity index (χ1) is 7.34. The van der Waals surface area contributed by atoms with Gasteiger partial charge in [-0.15, -0.1) is 5.10 Å². The van der Waals surface area contributed by atoms with E-state index in [2.05, 4.69) is 15.5 Å². The van der Waals surface area contributed by atoms with Crippen molar-refractivity contribution in [3.05, 3.63) is 3.95 Å². The molecule has 0 unspecified atom stereocenters. The molecule has 0 bridgehead atoms. The number of rotatable bonds is 5. The molecule has 0 aromatic carbocycles. The van der Waals surface area contributed by atoms with Crippen molar-refractivity contribution in [1.29, 1.82) is 0 Å². The first-order valence-electron chi connectivity index (χ1n) is 5.64. The molecule has 0 atom stereocenters. The lowest BCUT2D eigenvalue weighted by molar-refractivity contribution is 0.491. The maximum absolute atomic E-state index is 4.96. The van der Waals surface area contributed by atoms with E-state index in [1.165, 1.54) is 49.9 Å². The van der Waals surface area contributed by atoms with Gasteiger partial charge in [0.25, 0.3) is 0 Å². The van der Waals surface area contributed by atoms with Crippen LogP contribution in [0.15, 0.2) is 0 Å². The van der Waals surface area contributed by atoms with E-state index in [-0.39, 0.29) is 0 Å². The Morgan fingerprint density at radius 2 is 2.27 bits per heavy atom. The molecule has 1 aromatic heterocycles. The van der Waals surface area contributed by atoms with Gasteiger partial charge in [-0.25, -0.2) is 0 Å². The van der Waals surface area contributed by atoms with Crippen LogP contribution in [0.3, 0.4) is 0 Å². The molecule has 1 aliphatic rings. The molecule has 0 radical (unpaired) electrons. The van der Waals surface area contributed by atoms with Crippen LogP contribution in [0.4, 0.5) is 5.13 Å². The molecule has 0 saturated heterocycles. The molecule has 5 heteroatoms. The Kier molecular flexibility index (Phi) is 4.14. The van der Waals surface area contributed by atoms with Crippen molar-refractivity contribution in [1.82, 2.24) is 10.2 Å². The smallest absolute Gasteiger partial charge is 0.204 e. The number of nitrogens with zero attached hydrogens (tertiary/aromatic N) is 1. The Balaban J connectivity index is 1.60. The summed E-state index contributed by atoms with van der Waals surface area (Å²) in [6, 6.07) is 0. The number of aromatic amines is 1. The highest BCUT2D eigenvalue weighted by Gasteiger charge is 2.13. The molecule has 1 aromatic rings. The molecule has 3 nitrogen and oxygen atoms in total. The number of aromatic nitrogens is 2. The fourth-order valence-electron chi connectivity index (χ4n) is 2.19. The van der Waals surface area contributed by atoms with E-state index in [4.69, 9.17) is 12.2 Å². The lowest BCUT2D eigenvalue weighted by Crippen LogP contribution is -2.03. The van der Waals surface area contributed by atoms with Crippen LogP contribution >= 0.6 is 23.6 Å². The third kappa shape index (κ3) is 3.57. The van der Waals surface area contributed by atoms with Crippen LogP contribution in [0.1, 0.15) is 38.5 Å². The van der Waals surface area contributed by atoms with Gasteiger partial charge in [-0.2, -0.15) is 0 Å². The fourth-order valence-corrected chi connectivity index (χ4v) is 3.01. The average Bonchev–Trinajstić information content (AvgIpc) is 2.84. The Labute approximate surface area is 99.3 Å². The van der Waals surface area contributed by atoms with Gasteiger partial charge in [0.05, 0.1) is 0 Å². The first kappa shape index (κ1) is 11.1. The Hall–Kier alpha value is -0.420. The lowest BCUT2D eigenvalue weighted by atomic mass is 10.0. The molecule has 84 valence electrons. The molecule has 1 heterocycles. The van der Waals surface area contributed by atoms with Crippen LogP contribution in [0.25, 0.3) is 0 Å². The summed E-state index contributed by atoms with van der Waals surface area (Å²) >= 11 is 6.47. The van der Waals surface area contributed by atoms with E-state index in [9.17, 15) is 0 Å². The largest absolute Gasteiger partial charge is 0.360 e. The summed E-state index contributed by atoms with van der Waals surface area (Å²) in [5.74, 6) is 0.990. The zero-order chi connectivity index (χ0) is 10.5. The maximum Gasteiger partial charge on any atom is 0.204 e. The summed E-state index contributed by atoms with van der Waals surface area (Å²) in [6.45, 7) is 1.02. The van der Waals surface area contributed by atoms with Crippen molar-refractivity contribution >= 4 is 28.7 Å². The predicted octanol–water partition coefficient (Wildman–Crippen LogP) is 3.58. The molecule has 0 spiro atoms. The van der Waals surface area contributed by atoms with E-state index in [0.717, 1.165) is 21.5 Å². The summed E-state index contributed by atoms with van der Waals surface area (Å²) in [5.41, 5.74) is 0. The van der Waals surface area contributed by atoms with Gasteiger partial charge >= 0.3 is 0 Å². The molecule has 2 rings (SSSR count). The minimum Gasteiger partial charge on any atom is -0.360 e. The highest BCUT2D eigenvalue weighted by molar-refractivity contribution is 7.73. The minimum atomic E-state index is 0.744. The van der Waals surface area contributed by atoms with Gasteiger partial charge in [-0.1, -0.05) is 37.0 Å². The monoisotopic (exact) mass is 243 g/mol. The van der Waals surface area contributed by atoms with Crippen LogP contribution in [-0.4, -0.2) is 16.7 Å². The van der Waals surface area contributed by atoms with Crippen LogP contribution in [-0.2, 0) is 0 Å². The van der Waals surface area contributed by atoms with Gasteiger partial charge in [0, 0.05) is 6.54 Å². The zero-order valence-corrected chi connectivity index (χ0v) is 10.4. The quantitative estimate of drug-likeness (QED) is 0.613. The number of nitrogens with one attached hydrogen (secondary N) is 2. The Bertz CT molecular complexity index is 338. The topological polar surface area (TPSA) is 40.7 Å². The molecular formula is C10H17N3S2. The molecule has 0 aliphatic heterocycles. The number of hydrogen-bond donors (Lipinski definition) is 2. The van der Waals surface area contributed by atoms with Crippen molar-refractivity contribution < 1.29 is 0 Å². The maximum atomic E-state index is 4.96. The third-order valence-corrected chi connectivity index (χ3v) is 4.03. The van der Waals surface area contributed by atoms with Crippen LogP contribution in [0.5, 0.6) is 0 Å². The molecular weight excluding hydrogens is 226 g/mol. The zero-order valence-electron chi connectivity index (χ0n) is 8.79. The standard InChI is InChI=1S/C10H17N3S2/c14-10-13-12-9(15-10)11-7-3-6-8-4-1-2-5-8/h8H,1-7H2,(H,11,12)(H,13,14). The van der Waals surface area contributed by atoms with Crippen LogP contribution in [0, 0.1) is 9.87 Å². The van der Waals surface area contributed by atoms with Gasteiger partial charge in [-0.05, 0) is 31.0 Å². The van der Waals surface area contributed by atoms with Gasteiger partial charge in [0.1, 0.15) is 0 Å². The minimum absolute atomic E-state index is 0.744. The number of anilines is 1. The molecule has 15 heavy (non-hydrogen) atoms. The van der Waals surface area contributed by atoms with Crippen molar-refractivity contribution in [3.8, 4) is 0 Å². The fraction of sp³-hybridized carbons (Fsp3) is 0.800. The molecule has 0 amide bonds. The van der Waals surface area contributed by atoms with E-state index in [0.29, 0.717) is 0 Å². The lowest BCUT2D eigenvalue weighted by Gasteiger charge is -2.08. The summed E-state index contributed by atoms with van der Waals surface area (Å²) < 4.78 is 0.744. The molecule has 2 N–H and O–H groups in total. The Morgan fingerprint density at radius 3 is 2.93 bits per heavy atom. The highest BCUT2D eigenvalue weighted by atomic mass is 32.1. The van der Waals surface area contributed by atoms with Crippen LogP contribution < -0.4 is 5.32 Å². The van der Waals surface area contributed by atoms with Crippen LogP contribution in [0.2, 0.25) is 0 Å². The second-order valence-corrected chi connectivity index (χ2v) is 5.80. The van der Waals surface area contributed by atoms with E-state index < -0.39 is 0 Å². The summed E-state index contributed by atoms with van der Waals surface area (Å²) in [7, 11) is 0. The first-order valence-corrected chi connectivity index (χ1v) is 6.86. The SMILES string of the molecule is S=c1[nH]nc(NCCCC2CCCC2)s1. The summed E-state index contributed by atoms with van der Waals surface area (Å²) in [5, 5.41) is 11.1. The van der Waals surface area contributed by atoms with Gasteiger partial charge < -0.3 is 5.32 Å². The molecule has 1 fully saturated rings. The second kappa shape index (κ2) is 5.61.